The van der Waals surface area contributed by atoms with Crippen LogP contribution in [0.3, 0.4) is 0 Å². The first-order valence-electron chi connectivity index (χ1n) is 15.2. The van der Waals surface area contributed by atoms with Crippen molar-refractivity contribution in [1.29, 1.82) is 0 Å². The van der Waals surface area contributed by atoms with Crippen molar-refractivity contribution in [2.24, 2.45) is 0 Å². The molecule has 0 amide bonds. The number of rotatable bonds is 27. The van der Waals surface area contributed by atoms with E-state index in [1.165, 1.54) is 83.5 Å². The number of hydrogen-bond acceptors (Lipinski definition) is 5. The van der Waals surface area contributed by atoms with Crippen LogP contribution in [0.1, 0.15) is 155 Å². The maximum Gasteiger partial charge on any atom is 0.306 e. The Hall–Kier alpha value is -1.36. The van der Waals surface area contributed by atoms with Gasteiger partial charge in [-0.25, -0.2) is 0 Å². The van der Waals surface area contributed by atoms with Crippen LogP contribution in [0.25, 0.3) is 0 Å². The van der Waals surface area contributed by atoms with Gasteiger partial charge < -0.3 is 14.6 Å². The molecule has 0 rings (SSSR count). The molecule has 36 heavy (non-hydrogen) atoms. The van der Waals surface area contributed by atoms with Gasteiger partial charge in [0.1, 0.15) is 6.61 Å². The second kappa shape index (κ2) is 28.2. The monoisotopic (exact) mass is 510 g/mol. The SMILES string of the molecule is CCCCCCCC/C=C\CCCCCCCC(=O)OC(CO)COC(=O)CCCCCCCCC. The highest BCUT2D eigenvalue weighted by Gasteiger charge is 2.16. The van der Waals surface area contributed by atoms with E-state index >= 15 is 0 Å². The number of carbonyl (C=O) groups excluding carboxylic acids is 2. The van der Waals surface area contributed by atoms with Crippen LogP contribution in [0.5, 0.6) is 0 Å². The molecule has 0 saturated heterocycles. The van der Waals surface area contributed by atoms with Crippen LogP contribution in [0.2, 0.25) is 0 Å². The third-order valence-corrected chi connectivity index (χ3v) is 6.56. The molecule has 0 bridgehead atoms. The van der Waals surface area contributed by atoms with Crippen molar-refractivity contribution in [3.05, 3.63) is 12.2 Å². The first kappa shape index (κ1) is 34.6. The van der Waals surface area contributed by atoms with Crippen molar-refractivity contribution < 1.29 is 24.2 Å². The molecular weight excluding hydrogens is 452 g/mol. The molecule has 212 valence electrons. The number of unbranched alkanes of at least 4 members (excludes halogenated alkanes) is 17. The minimum absolute atomic E-state index is 0.0655. The van der Waals surface area contributed by atoms with Crippen molar-refractivity contribution in [1.82, 2.24) is 0 Å². The standard InChI is InChI=1S/C31H58O5/c1-3-5-7-9-11-12-13-14-15-16-17-18-20-22-24-26-31(34)36-29(27-32)28-35-30(33)25-23-21-19-10-8-6-4-2/h14-15,29,32H,3-13,16-28H2,1-2H3/b15-14-. The minimum Gasteiger partial charge on any atom is -0.462 e. The van der Waals surface area contributed by atoms with Crippen LogP contribution in [0.4, 0.5) is 0 Å². The molecule has 5 heteroatoms. The lowest BCUT2D eigenvalue weighted by Gasteiger charge is -2.15. The smallest absolute Gasteiger partial charge is 0.306 e. The van der Waals surface area contributed by atoms with Gasteiger partial charge in [-0.05, 0) is 38.5 Å². The second-order valence-electron chi connectivity index (χ2n) is 10.2. The second-order valence-corrected chi connectivity index (χ2v) is 10.2. The number of aliphatic hydroxyl groups is 1. The zero-order valence-corrected chi connectivity index (χ0v) is 23.8. The molecule has 0 aromatic rings. The normalized spacial score (nSPS) is 12.2. The number of aliphatic hydroxyl groups excluding tert-OH is 1. The van der Waals surface area contributed by atoms with E-state index in [9.17, 15) is 14.7 Å². The molecule has 0 aliphatic rings. The van der Waals surface area contributed by atoms with Crippen molar-refractivity contribution in [3.8, 4) is 0 Å². The Morgan fingerprint density at radius 2 is 1.03 bits per heavy atom. The van der Waals surface area contributed by atoms with Crippen LogP contribution in [-0.4, -0.2) is 36.4 Å². The number of hydrogen-bond donors (Lipinski definition) is 1. The topological polar surface area (TPSA) is 72.8 Å². The molecule has 0 aromatic carbocycles. The number of esters is 2. The average molecular weight is 511 g/mol. The van der Waals surface area contributed by atoms with Crippen LogP contribution < -0.4 is 0 Å². The van der Waals surface area contributed by atoms with Crippen LogP contribution in [0, 0.1) is 0 Å². The minimum atomic E-state index is -0.765. The quantitative estimate of drug-likeness (QED) is 0.0680. The molecule has 1 N–H and O–H groups in total. The predicted octanol–water partition coefficient (Wildman–Crippen LogP) is 8.61. The van der Waals surface area contributed by atoms with Gasteiger partial charge in [0.25, 0.3) is 0 Å². The van der Waals surface area contributed by atoms with Gasteiger partial charge in [0.2, 0.25) is 0 Å². The predicted molar refractivity (Wildman–Crippen MR) is 150 cm³/mol. The van der Waals surface area contributed by atoms with E-state index in [1.54, 1.807) is 0 Å². The Bertz CT molecular complexity index is 517. The Balaban J connectivity index is 3.59. The van der Waals surface area contributed by atoms with E-state index in [4.69, 9.17) is 9.47 Å². The van der Waals surface area contributed by atoms with Crippen LogP contribution >= 0.6 is 0 Å². The molecule has 0 heterocycles. The van der Waals surface area contributed by atoms with Crippen LogP contribution in [-0.2, 0) is 19.1 Å². The number of carbonyl (C=O) groups is 2. The summed E-state index contributed by atoms with van der Waals surface area (Å²) in [6.45, 7) is 4.06. The lowest BCUT2D eigenvalue weighted by Crippen LogP contribution is -2.28. The van der Waals surface area contributed by atoms with E-state index in [0.29, 0.717) is 12.8 Å². The maximum absolute atomic E-state index is 12.0. The maximum atomic E-state index is 12.0. The van der Waals surface area contributed by atoms with Crippen molar-refractivity contribution in [3.63, 3.8) is 0 Å². The highest BCUT2D eigenvalue weighted by Crippen LogP contribution is 2.12. The summed E-state index contributed by atoms with van der Waals surface area (Å²) in [5, 5.41) is 9.43. The summed E-state index contributed by atoms with van der Waals surface area (Å²) in [6.07, 6.45) is 28.4. The molecule has 0 radical (unpaired) electrons. The molecule has 0 aliphatic heterocycles. The summed E-state index contributed by atoms with van der Waals surface area (Å²) in [5.41, 5.74) is 0. The Morgan fingerprint density at radius 3 is 1.50 bits per heavy atom. The molecule has 0 aromatic heterocycles. The Morgan fingerprint density at radius 1 is 0.611 bits per heavy atom. The van der Waals surface area contributed by atoms with Gasteiger partial charge in [0, 0.05) is 12.8 Å². The first-order chi connectivity index (χ1) is 17.6. The summed E-state index contributed by atoms with van der Waals surface area (Å²) < 4.78 is 10.5. The lowest BCUT2D eigenvalue weighted by atomic mass is 10.1. The van der Waals surface area contributed by atoms with Gasteiger partial charge in [0.05, 0.1) is 6.61 Å². The number of allylic oxidation sites excluding steroid dienone is 2. The molecule has 1 atom stereocenters. The van der Waals surface area contributed by atoms with E-state index in [1.807, 2.05) is 0 Å². The molecule has 0 spiro atoms. The fourth-order valence-corrected chi connectivity index (χ4v) is 4.19. The summed E-state index contributed by atoms with van der Waals surface area (Å²) in [4.78, 5) is 23.9. The summed E-state index contributed by atoms with van der Waals surface area (Å²) in [7, 11) is 0. The largest absolute Gasteiger partial charge is 0.462 e. The van der Waals surface area contributed by atoms with E-state index in [-0.39, 0.29) is 25.2 Å². The lowest BCUT2D eigenvalue weighted by molar-refractivity contribution is -0.161. The number of ether oxygens (including phenoxy) is 2. The van der Waals surface area contributed by atoms with Gasteiger partial charge in [-0.2, -0.15) is 0 Å². The first-order valence-corrected chi connectivity index (χ1v) is 15.2. The third kappa shape index (κ3) is 25.7. The van der Waals surface area contributed by atoms with Gasteiger partial charge in [0.15, 0.2) is 6.10 Å². The fraction of sp³-hybridized carbons (Fsp3) is 0.871. The van der Waals surface area contributed by atoms with Gasteiger partial charge in [-0.1, -0.05) is 116 Å². The van der Waals surface area contributed by atoms with Crippen molar-refractivity contribution >= 4 is 11.9 Å². The van der Waals surface area contributed by atoms with E-state index in [2.05, 4.69) is 26.0 Å². The highest BCUT2D eigenvalue weighted by atomic mass is 16.6. The summed E-state index contributed by atoms with van der Waals surface area (Å²) in [6, 6.07) is 0. The molecule has 0 fully saturated rings. The average Bonchev–Trinajstić information content (AvgIpc) is 2.88. The Kier molecular flexibility index (Phi) is 27.1. The van der Waals surface area contributed by atoms with E-state index in [0.717, 1.165) is 44.9 Å². The highest BCUT2D eigenvalue weighted by molar-refractivity contribution is 5.70. The molecule has 0 saturated carbocycles. The molecule has 0 aliphatic carbocycles. The zero-order valence-electron chi connectivity index (χ0n) is 23.8. The zero-order chi connectivity index (χ0) is 26.5. The van der Waals surface area contributed by atoms with Gasteiger partial charge in [-0.3, -0.25) is 9.59 Å². The summed E-state index contributed by atoms with van der Waals surface area (Å²) in [5.74, 6) is -0.606. The van der Waals surface area contributed by atoms with Gasteiger partial charge >= 0.3 is 11.9 Å². The van der Waals surface area contributed by atoms with E-state index < -0.39 is 6.10 Å². The van der Waals surface area contributed by atoms with Crippen molar-refractivity contribution in [2.75, 3.05) is 13.2 Å². The molecule has 1 unspecified atom stereocenters. The third-order valence-electron chi connectivity index (χ3n) is 6.56. The fourth-order valence-electron chi connectivity index (χ4n) is 4.19. The molecule has 5 nitrogen and oxygen atoms in total. The van der Waals surface area contributed by atoms with Crippen LogP contribution in [0.15, 0.2) is 12.2 Å². The van der Waals surface area contributed by atoms with Gasteiger partial charge in [-0.15, -0.1) is 0 Å². The summed E-state index contributed by atoms with van der Waals surface area (Å²) >= 11 is 0. The Labute approximate surface area is 222 Å². The van der Waals surface area contributed by atoms with Crippen molar-refractivity contribution in [2.45, 2.75) is 161 Å². The molecular formula is C31H58O5.